The quantitative estimate of drug-likeness (QED) is 0.565. The van der Waals surface area contributed by atoms with Crippen LogP contribution in [0.4, 0.5) is 14.9 Å². The topological polar surface area (TPSA) is 66.9 Å². The van der Waals surface area contributed by atoms with Gasteiger partial charge in [-0.3, -0.25) is 14.5 Å². The Morgan fingerprint density at radius 2 is 2.04 bits per heavy atom. The maximum absolute atomic E-state index is 14.4. The Kier molecular flexibility index (Phi) is 5.84. The molecule has 1 aromatic carbocycles. The summed E-state index contributed by atoms with van der Waals surface area (Å²) in [6.07, 6.45) is 3.57. The van der Waals surface area contributed by atoms with Crippen LogP contribution in [0.15, 0.2) is 23.1 Å². The van der Waals surface area contributed by atoms with E-state index in [-0.39, 0.29) is 17.3 Å². The molecule has 144 valence electrons. The van der Waals surface area contributed by atoms with Gasteiger partial charge in [0.05, 0.1) is 17.2 Å². The number of esters is 1. The Labute approximate surface area is 161 Å². The maximum atomic E-state index is 14.4. The lowest BCUT2D eigenvalue weighted by Gasteiger charge is -2.19. The number of nitrogens with zero attached hydrogens (tertiary/aromatic N) is 2. The molecule has 1 unspecified atom stereocenters. The van der Waals surface area contributed by atoms with Gasteiger partial charge in [-0.1, -0.05) is 6.07 Å². The predicted molar refractivity (Wildman–Crippen MR) is 102 cm³/mol. The third kappa shape index (κ3) is 4.00. The van der Waals surface area contributed by atoms with Crippen molar-refractivity contribution in [1.82, 2.24) is 4.90 Å². The molecule has 2 aliphatic rings. The minimum atomic E-state index is -1.00. The van der Waals surface area contributed by atoms with Crippen molar-refractivity contribution < 1.29 is 23.5 Å². The predicted octanol–water partition coefficient (Wildman–Crippen LogP) is 3.41. The second kappa shape index (κ2) is 8.12. The van der Waals surface area contributed by atoms with Crippen LogP contribution in [-0.4, -0.2) is 47.8 Å². The van der Waals surface area contributed by atoms with Crippen LogP contribution in [0.3, 0.4) is 0 Å². The highest BCUT2D eigenvalue weighted by molar-refractivity contribution is 8.18. The van der Waals surface area contributed by atoms with E-state index in [0.29, 0.717) is 11.3 Å². The number of carbonyl (C=O) groups excluding carboxylic acids is 3. The van der Waals surface area contributed by atoms with Crippen molar-refractivity contribution in [3.05, 3.63) is 34.5 Å². The summed E-state index contributed by atoms with van der Waals surface area (Å²) in [5.41, 5.74) is 1.04. The first kappa shape index (κ1) is 19.4. The van der Waals surface area contributed by atoms with Gasteiger partial charge in [0, 0.05) is 13.1 Å². The molecule has 2 amide bonds. The van der Waals surface area contributed by atoms with Crippen LogP contribution >= 0.6 is 11.8 Å². The number of hydrogen-bond donors (Lipinski definition) is 0. The van der Waals surface area contributed by atoms with Gasteiger partial charge in [0.2, 0.25) is 0 Å². The highest BCUT2D eigenvalue weighted by Crippen LogP contribution is 2.34. The van der Waals surface area contributed by atoms with Crippen LogP contribution in [0.5, 0.6) is 0 Å². The molecule has 27 heavy (non-hydrogen) atoms. The first-order valence-corrected chi connectivity index (χ1v) is 9.72. The zero-order valence-corrected chi connectivity index (χ0v) is 16.1. The zero-order valence-electron chi connectivity index (χ0n) is 15.2. The molecule has 6 nitrogen and oxygen atoms in total. The SMILES string of the molecule is CCOC(=O)C(C)N1C(=O)SC(=Cc2ccc(N3CCCC3)c(F)c2)C1=O. The largest absolute Gasteiger partial charge is 0.464 e. The summed E-state index contributed by atoms with van der Waals surface area (Å²) in [5.74, 6) is -1.57. The van der Waals surface area contributed by atoms with Gasteiger partial charge in [-0.05, 0) is 62.2 Å². The molecule has 3 rings (SSSR count). The Hall–Kier alpha value is -2.35. The Balaban J connectivity index is 1.79. The highest BCUT2D eigenvalue weighted by Gasteiger charge is 2.41. The zero-order chi connectivity index (χ0) is 19.6. The van der Waals surface area contributed by atoms with E-state index in [0.717, 1.165) is 42.6 Å². The first-order chi connectivity index (χ1) is 12.9. The smallest absolute Gasteiger partial charge is 0.329 e. The van der Waals surface area contributed by atoms with Crippen LogP contribution < -0.4 is 4.90 Å². The monoisotopic (exact) mass is 392 g/mol. The fraction of sp³-hybridized carbons (Fsp3) is 0.421. The van der Waals surface area contributed by atoms with Gasteiger partial charge in [-0.25, -0.2) is 9.18 Å². The van der Waals surface area contributed by atoms with E-state index in [1.165, 1.54) is 19.1 Å². The first-order valence-electron chi connectivity index (χ1n) is 8.90. The lowest BCUT2D eigenvalue weighted by molar-refractivity contribution is -0.150. The molecular formula is C19H21FN2O4S. The standard InChI is InChI=1S/C19H21FN2O4S/c1-3-26-18(24)12(2)22-17(23)16(27-19(22)25)11-13-6-7-15(14(20)10-13)21-8-4-5-9-21/h6-7,10-12H,3-5,8-9H2,1-2H3. The second-order valence-electron chi connectivity index (χ2n) is 6.38. The lowest BCUT2D eigenvalue weighted by atomic mass is 10.1. The number of thioether (sulfide) groups is 1. The van der Waals surface area contributed by atoms with Crippen molar-refractivity contribution in [2.24, 2.45) is 0 Å². The van der Waals surface area contributed by atoms with E-state index in [1.54, 1.807) is 19.1 Å². The molecular weight excluding hydrogens is 371 g/mol. The Morgan fingerprint density at radius 1 is 1.33 bits per heavy atom. The average molecular weight is 392 g/mol. The Bertz CT molecular complexity index is 805. The van der Waals surface area contributed by atoms with E-state index in [9.17, 15) is 18.8 Å². The van der Waals surface area contributed by atoms with Crippen LogP contribution in [-0.2, 0) is 14.3 Å². The molecule has 2 fully saturated rings. The number of halogens is 1. The fourth-order valence-corrected chi connectivity index (χ4v) is 4.07. The van der Waals surface area contributed by atoms with E-state index < -0.39 is 23.2 Å². The average Bonchev–Trinajstić information content (AvgIpc) is 3.24. The van der Waals surface area contributed by atoms with Crippen LogP contribution in [0.1, 0.15) is 32.3 Å². The van der Waals surface area contributed by atoms with Gasteiger partial charge in [0.15, 0.2) is 0 Å². The molecule has 2 saturated heterocycles. The molecule has 0 spiro atoms. The van der Waals surface area contributed by atoms with Crippen LogP contribution in [0.2, 0.25) is 0 Å². The molecule has 0 aliphatic carbocycles. The van der Waals surface area contributed by atoms with Gasteiger partial charge in [0.1, 0.15) is 11.9 Å². The van der Waals surface area contributed by atoms with Crippen molar-refractivity contribution in [3.8, 4) is 0 Å². The molecule has 0 N–H and O–H groups in total. The van der Waals surface area contributed by atoms with E-state index >= 15 is 0 Å². The van der Waals surface area contributed by atoms with Crippen molar-refractivity contribution in [2.75, 3.05) is 24.6 Å². The highest BCUT2D eigenvalue weighted by atomic mass is 32.2. The number of anilines is 1. The molecule has 0 bridgehead atoms. The van der Waals surface area contributed by atoms with E-state index in [4.69, 9.17) is 4.74 Å². The molecule has 0 aromatic heterocycles. The number of carbonyl (C=O) groups is 3. The molecule has 1 aromatic rings. The third-order valence-electron chi connectivity index (χ3n) is 4.55. The van der Waals surface area contributed by atoms with E-state index in [2.05, 4.69) is 0 Å². The summed E-state index contributed by atoms with van der Waals surface area (Å²) >= 11 is 0.734. The number of hydrogen-bond acceptors (Lipinski definition) is 6. The van der Waals surface area contributed by atoms with Gasteiger partial charge >= 0.3 is 5.97 Å². The lowest BCUT2D eigenvalue weighted by Crippen LogP contribution is -2.42. The minimum absolute atomic E-state index is 0.157. The van der Waals surface area contributed by atoms with Gasteiger partial charge in [-0.2, -0.15) is 0 Å². The normalized spacial score (nSPS) is 19.9. The summed E-state index contributed by atoms with van der Waals surface area (Å²) < 4.78 is 19.3. The summed E-state index contributed by atoms with van der Waals surface area (Å²) in [5, 5.41) is -0.541. The second-order valence-corrected chi connectivity index (χ2v) is 7.38. The summed E-state index contributed by atoms with van der Waals surface area (Å²) in [6.45, 7) is 4.93. The maximum Gasteiger partial charge on any atom is 0.329 e. The van der Waals surface area contributed by atoms with Crippen LogP contribution in [0.25, 0.3) is 6.08 Å². The van der Waals surface area contributed by atoms with Crippen molar-refractivity contribution >= 4 is 40.6 Å². The number of rotatable bonds is 5. The molecule has 8 heteroatoms. The number of amides is 2. The van der Waals surface area contributed by atoms with E-state index in [1.807, 2.05) is 4.90 Å². The van der Waals surface area contributed by atoms with Crippen molar-refractivity contribution in [2.45, 2.75) is 32.7 Å². The van der Waals surface area contributed by atoms with Crippen molar-refractivity contribution in [3.63, 3.8) is 0 Å². The number of ether oxygens (including phenoxy) is 1. The van der Waals surface area contributed by atoms with Gasteiger partial charge < -0.3 is 9.64 Å². The van der Waals surface area contributed by atoms with Crippen LogP contribution in [0, 0.1) is 5.82 Å². The molecule has 1 atom stereocenters. The molecule has 0 saturated carbocycles. The van der Waals surface area contributed by atoms with Gasteiger partial charge in [0.25, 0.3) is 11.1 Å². The fourth-order valence-electron chi connectivity index (χ4n) is 3.16. The Morgan fingerprint density at radius 3 is 2.67 bits per heavy atom. The summed E-state index contributed by atoms with van der Waals surface area (Å²) in [4.78, 5) is 39.6. The third-order valence-corrected chi connectivity index (χ3v) is 5.44. The summed E-state index contributed by atoms with van der Waals surface area (Å²) in [6, 6.07) is 3.77. The molecule has 2 heterocycles. The molecule has 2 aliphatic heterocycles. The minimum Gasteiger partial charge on any atom is -0.464 e. The number of imide groups is 1. The summed E-state index contributed by atoms with van der Waals surface area (Å²) in [7, 11) is 0. The number of benzene rings is 1. The van der Waals surface area contributed by atoms with Crippen molar-refractivity contribution in [1.29, 1.82) is 0 Å². The molecule has 0 radical (unpaired) electrons. The van der Waals surface area contributed by atoms with Gasteiger partial charge in [-0.15, -0.1) is 0 Å².